The highest BCUT2D eigenvalue weighted by molar-refractivity contribution is 5.73. The molecule has 0 aliphatic carbocycles. The van der Waals surface area contributed by atoms with Crippen LogP contribution in [0.5, 0.6) is 0 Å². The molecule has 0 radical (unpaired) electrons. The molecule has 0 rings (SSSR count). The third kappa shape index (κ3) is 4.13. The minimum Gasteiger partial charge on any atom is -0.481 e. The molecule has 0 fully saturated rings. The maximum atomic E-state index is 10.3. The number of rotatable bonds is 5. The molecule has 0 heterocycles. The van der Waals surface area contributed by atoms with Gasteiger partial charge in [-0.15, -0.1) is 6.58 Å². The molecule has 0 saturated carbocycles. The molecule has 11 heavy (non-hydrogen) atoms. The molecule has 0 spiro atoms. The lowest BCUT2D eigenvalue weighted by Gasteiger charge is -2.02. The first kappa shape index (κ1) is 9.68. The van der Waals surface area contributed by atoms with Crippen LogP contribution in [0.4, 0.5) is 0 Å². The molecule has 0 amide bonds. The smallest absolute Gasteiger partial charge is 0.310 e. The molecule has 0 bridgehead atoms. The molecule has 2 N–H and O–H groups in total. The van der Waals surface area contributed by atoms with Crippen molar-refractivity contribution in [2.75, 3.05) is 0 Å². The molecule has 0 saturated heterocycles. The third-order valence-electron chi connectivity index (χ3n) is 1.27. The number of aliphatic carboxylic acids is 2. The molecular weight excluding hydrogens is 148 g/mol. The average molecular weight is 158 g/mol. The van der Waals surface area contributed by atoms with E-state index in [9.17, 15) is 9.59 Å². The quantitative estimate of drug-likeness (QED) is 0.578. The molecule has 4 heteroatoms. The Morgan fingerprint density at radius 1 is 1.45 bits per heavy atom. The summed E-state index contributed by atoms with van der Waals surface area (Å²) >= 11 is 0. The molecule has 1 atom stereocenters. The van der Waals surface area contributed by atoms with Crippen LogP contribution in [-0.4, -0.2) is 22.2 Å². The fraction of sp³-hybridized carbons (Fsp3) is 0.429. The normalized spacial score (nSPS) is 12.0. The van der Waals surface area contributed by atoms with Gasteiger partial charge in [-0.2, -0.15) is 0 Å². The van der Waals surface area contributed by atoms with Crippen LogP contribution in [0.1, 0.15) is 12.8 Å². The molecule has 1 unspecified atom stereocenters. The van der Waals surface area contributed by atoms with E-state index in [-0.39, 0.29) is 12.8 Å². The van der Waals surface area contributed by atoms with Crippen molar-refractivity contribution in [3.63, 3.8) is 0 Å². The fourth-order valence-electron chi connectivity index (χ4n) is 0.621. The van der Waals surface area contributed by atoms with E-state index in [1.54, 1.807) is 0 Å². The van der Waals surface area contributed by atoms with E-state index in [1.807, 2.05) is 0 Å². The summed E-state index contributed by atoms with van der Waals surface area (Å²) in [7, 11) is 0. The van der Waals surface area contributed by atoms with Gasteiger partial charge < -0.3 is 10.2 Å². The minimum absolute atomic E-state index is 0.105. The van der Waals surface area contributed by atoms with Crippen molar-refractivity contribution >= 4 is 11.9 Å². The van der Waals surface area contributed by atoms with Crippen LogP contribution in [0, 0.1) is 5.92 Å². The van der Waals surface area contributed by atoms with Crippen LogP contribution in [0.2, 0.25) is 0 Å². The van der Waals surface area contributed by atoms with E-state index in [0.717, 1.165) is 0 Å². The summed E-state index contributed by atoms with van der Waals surface area (Å²) in [6, 6.07) is 0. The van der Waals surface area contributed by atoms with Gasteiger partial charge in [0.2, 0.25) is 0 Å². The molecule has 0 aromatic rings. The van der Waals surface area contributed by atoms with Crippen molar-refractivity contribution < 1.29 is 19.8 Å². The van der Waals surface area contributed by atoms with E-state index < -0.39 is 17.9 Å². The van der Waals surface area contributed by atoms with Crippen LogP contribution < -0.4 is 0 Å². The topological polar surface area (TPSA) is 74.6 Å². The fourth-order valence-corrected chi connectivity index (χ4v) is 0.621. The summed E-state index contributed by atoms with van der Waals surface area (Å²) in [5.74, 6) is -2.76. The first-order valence-corrected chi connectivity index (χ1v) is 3.15. The molecule has 62 valence electrons. The van der Waals surface area contributed by atoms with Gasteiger partial charge in [0.25, 0.3) is 0 Å². The second-order valence-corrected chi connectivity index (χ2v) is 2.11. The van der Waals surface area contributed by atoms with Crippen LogP contribution in [0.25, 0.3) is 0 Å². The van der Waals surface area contributed by atoms with Crippen LogP contribution in [-0.2, 0) is 9.59 Å². The van der Waals surface area contributed by atoms with Gasteiger partial charge in [0.1, 0.15) is 0 Å². The zero-order chi connectivity index (χ0) is 8.85. The highest BCUT2D eigenvalue weighted by atomic mass is 16.4. The largest absolute Gasteiger partial charge is 0.481 e. The van der Waals surface area contributed by atoms with Crippen LogP contribution in [0.15, 0.2) is 12.7 Å². The molecule has 4 nitrogen and oxygen atoms in total. The highest BCUT2D eigenvalue weighted by Gasteiger charge is 2.13. The summed E-state index contributed by atoms with van der Waals surface area (Å²) in [5.41, 5.74) is 0. The van der Waals surface area contributed by atoms with Gasteiger partial charge in [-0.05, 0) is 6.42 Å². The van der Waals surface area contributed by atoms with E-state index in [0.29, 0.717) is 0 Å². The molecule has 0 aliphatic heterocycles. The van der Waals surface area contributed by atoms with Gasteiger partial charge in [-0.1, -0.05) is 6.08 Å². The van der Waals surface area contributed by atoms with Gasteiger partial charge in [-0.3, -0.25) is 9.59 Å². The van der Waals surface area contributed by atoms with Gasteiger partial charge in [0.15, 0.2) is 0 Å². The lowest BCUT2D eigenvalue weighted by atomic mass is 10.0. The Morgan fingerprint density at radius 3 is 2.27 bits per heavy atom. The van der Waals surface area contributed by atoms with Crippen molar-refractivity contribution in [3.05, 3.63) is 12.7 Å². The van der Waals surface area contributed by atoms with E-state index in [1.165, 1.54) is 6.08 Å². The number of carboxylic acids is 2. The summed E-state index contributed by atoms with van der Waals surface area (Å²) < 4.78 is 0. The third-order valence-corrected chi connectivity index (χ3v) is 1.27. The van der Waals surface area contributed by atoms with Gasteiger partial charge >= 0.3 is 11.9 Å². The predicted octanol–water partition coefficient (Wildman–Crippen LogP) is 0.738. The standard InChI is InChI=1S/C7H10O4/c1-2-5(7(10)11)3-4-6(8)9/h2,5H,1,3-4H2,(H,8,9)(H,10,11). The Hall–Kier alpha value is -1.32. The Bertz CT molecular complexity index is 173. The Kier molecular flexibility index (Phi) is 3.95. The molecule has 0 aliphatic rings. The zero-order valence-corrected chi connectivity index (χ0v) is 5.99. The van der Waals surface area contributed by atoms with E-state index in [4.69, 9.17) is 10.2 Å². The van der Waals surface area contributed by atoms with Gasteiger partial charge in [-0.25, -0.2) is 0 Å². The second-order valence-electron chi connectivity index (χ2n) is 2.11. The van der Waals surface area contributed by atoms with Gasteiger partial charge in [0.05, 0.1) is 5.92 Å². The first-order chi connectivity index (χ1) is 5.07. The summed E-state index contributed by atoms with van der Waals surface area (Å²) in [6.07, 6.45) is 1.21. The van der Waals surface area contributed by atoms with Gasteiger partial charge in [0, 0.05) is 6.42 Å². The number of hydrogen-bond acceptors (Lipinski definition) is 2. The lowest BCUT2D eigenvalue weighted by molar-refractivity contribution is -0.141. The Labute approximate surface area is 64.2 Å². The van der Waals surface area contributed by atoms with Crippen molar-refractivity contribution in [3.8, 4) is 0 Å². The molecular formula is C7H10O4. The van der Waals surface area contributed by atoms with E-state index in [2.05, 4.69) is 6.58 Å². The average Bonchev–Trinajstić information content (AvgIpc) is 1.87. The minimum atomic E-state index is -1.03. The van der Waals surface area contributed by atoms with Crippen LogP contribution >= 0.6 is 0 Å². The number of hydrogen-bond donors (Lipinski definition) is 2. The monoisotopic (exact) mass is 158 g/mol. The molecule has 0 aromatic carbocycles. The number of carbonyl (C=O) groups is 2. The van der Waals surface area contributed by atoms with E-state index >= 15 is 0 Å². The summed E-state index contributed by atoms with van der Waals surface area (Å²) in [5, 5.41) is 16.6. The van der Waals surface area contributed by atoms with Crippen LogP contribution in [0.3, 0.4) is 0 Å². The molecule has 0 aromatic heterocycles. The summed E-state index contributed by atoms with van der Waals surface area (Å²) in [4.78, 5) is 20.3. The Balaban J connectivity index is 3.79. The SMILES string of the molecule is C=CC(CCC(=O)O)C(=O)O. The Morgan fingerprint density at radius 2 is 2.00 bits per heavy atom. The lowest BCUT2D eigenvalue weighted by Crippen LogP contribution is -2.12. The van der Waals surface area contributed by atoms with Crippen molar-refractivity contribution in [2.24, 2.45) is 5.92 Å². The van der Waals surface area contributed by atoms with Crippen molar-refractivity contribution in [2.45, 2.75) is 12.8 Å². The zero-order valence-electron chi connectivity index (χ0n) is 5.99. The predicted molar refractivity (Wildman–Crippen MR) is 38.2 cm³/mol. The maximum absolute atomic E-state index is 10.3. The first-order valence-electron chi connectivity index (χ1n) is 3.15. The maximum Gasteiger partial charge on any atom is 0.310 e. The number of carboxylic acid groups (broad SMARTS) is 2. The summed E-state index contributed by atoms with van der Waals surface area (Å²) in [6.45, 7) is 3.29. The second kappa shape index (κ2) is 4.49. The van der Waals surface area contributed by atoms with Crippen molar-refractivity contribution in [1.29, 1.82) is 0 Å². The van der Waals surface area contributed by atoms with Crippen molar-refractivity contribution in [1.82, 2.24) is 0 Å². The highest BCUT2D eigenvalue weighted by Crippen LogP contribution is 2.07.